The minimum absolute atomic E-state index is 0. The normalized spacial score (nSPS) is 31.8. The van der Waals surface area contributed by atoms with Crippen LogP contribution in [-0.2, 0) is 18.9 Å². The third-order valence-corrected chi connectivity index (χ3v) is 2.90. The summed E-state index contributed by atoms with van der Waals surface area (Å²) >= 11 is 0. The van der Waals surface area contributed by atoms with Crippen molar-refractivity contribution in [1.82, 2.24) is 0 Å². The average molecular weight is 335 g/mol. The molecule has 0 aromatic rings. The van der Waals surface area contributed by atoms with Gasteiger partial charge >= 0.3 is 0 Å². The zero-order valence-electron chi connectivity index (χ0n) is 12.2. The fourth-order valence-electron chi connectivity index (χ4n) is 1.87. The second-order valence-electron chi connectivity index (χ2n) is 4.39. The van der Waals surface area contributed by atoms with E-state index in [1.54, 1.807) is 0 Å². The quantitative estimate of drug-likeness (QED) is 0.770. The van der Waals surface area contributed by atoms with Crippen molar-refractivity contribution in [3.63, 3.8) is 0 Å². The Hall–Kier alpha value is 0.340. The van der Waals surface area contributed by atoms with Crippen LogP contribution in [0.2, 0.25) is 0 Å². The molecular weight excluding hydrogens is 307 g/mol. The fourth-order valence-corrected chi connectivity index (χ4v) is 1.87. The number of ether oxygens (including phenoxy) is 4. The summed E-state index contributed by atoms with van der Waals surface area (Å²) in [5.41, 5.74) is 11.2. The van der Waals surface area contributed by atoms with Crippen LogP contribution in [0.1, 0.15) is 13.8 Å². The molecular formula is C12H28Cl2N2O4. The van der Waals surface area contributed by atoms with Gasteiger partial charge in [0.05, 0.1) is 50.7 Å². The van der Waals surface area contributed by atoms with E-state index in [1.807, 2.05) is 13.8 Å². The molecule has 2 rings (SSSR count). The van der Waals surface area contributed by atoms with Gasteiger partial charge in [-0.2, -0.15) is 0 Å². The summed E-state index contributed by atoms with van der Waals surface area (Å²) in [4.78, 5) is 0. The number of hydrogen-bond acceptors (Lipinski definition) is 6. The topological polar surface area (TPSA) is 89.0 Å². The van der Waals surface area contributed by atoms with Crippen molar-refractivity contribution in [2.75, 3.05) is 39.6 Å². The lowest BCUT2D eigenvalue weighted by molar-refractivity contribution is 0.0458. The summed E-state index contributed by atoms with van der Waals surface area (Å²) < 4.78 is 20.7. The van der Waals surface area contributed by atoms with Gasteiger partial charge in [-0.1, -0.05) is 0 Å². The Balaban J connectivity index is 0. The SMILES string of the molecule is CCO[C@@H]1COC[C@H]1N.CCO[C@H]1COC[C@@H]1N.Cl.Cl. The van der Waals surface area contributed by atoms with Gasteiger partial charge in [0.25, 0.3) is 0 Å². The number of nitrogens with two attached hydrogens (primary N) is 2. The van der Waals surface area contributed by atoms with E-state index >= 15 is 0 Å². The highest BCUT2D eigenvalue weighted by Gasteiger charge is 2.25. The van der Waals surface area contributed by atoms with E-state index in [2.05, 4.69) is 0 Å². The van der Waals surface area contributed by atoms with Gasteiger partial charge in [-0.05, 0) is 13.8 Å². The van der Waals surface area contributed by atoms with Crippen molar-refractivity contribution in [3.05, 3.63) is 0 Å². The Morgan fingerprint density at radius 3 is 1.35 bits per heavy atom. The molecule has 4 N–H and O–H groups in total. The molecule has 0 aromatic heterocycles. The van der Waals surface area contributed by atoms with E-state index in [4.69, 9.17) is 30.4 Å². The molecule has 0 amide bonds. The standard InChI is InChI=1S/2C6H13NO2.2ClH/c2*1-2-9-6-4-8-3-5(6)7;;/h2*5-6H,2-4,7H2,1H3;2*1H/t2*5-,6-;;/m10../s1. The Morgan fingerprint density at radius 1 is 0.800 bits per heavy atom. The van der Waals surface area contributed by atoms with E-state index in [-0.39, 0.29) is 49.1 Å². The summed E-state index contributed by atoms with van der Waals surface area (Å²) in [5, 5.41) is 0. The van der Waals surface area contributed by atoms with Crippen LogP contribution < -0.4 is 11.5 Å². The van der Waals surface area contributed by atoms with Gasteiger partial charge in [0, 0.05) is 13.2 Å². The Labute approximate surface area is 133 Å². The summed E-state index contributed by atoms with van der Waals surface area (Å²) in [7, 11) is 0. The molecule has 2 heterocycles. The Kier molecular flexibility index (Phi) is 14.7. The minimum Gasteiger partial charge on any atom is -0.377 e. The summed E-state index contributed by atoms with van der Waals surface area (Å²) in [5.74, 6) is 0. The summed E-state index contributed by atoms with van der Waals surface area (Å²) in [6, 6.07) is 0.176. The van der Waals surface area contributed by atoms with Crippen LogP contribution >= 0.6 is 24.8 Å². The van der Waals surface area contributed by atoms with Gasteiger partial charge < -0.3 is 30.4 Å². The van der Waals surface area contributed by atoms with Crippen LogP contribution in [0.15, 0.2) is 0 Å². The first-order valence-electron chi connectivity index (χ1n) is 6.58. The van der Waals surface area contributed by atoms with Gasteiger partial charge in [0.1, 0.15) is 0 Å². The molecule has 0 aromatic carbocycles. The minimum atomic E-state index is 0. The monoisotopic (exact) mass is 334 g/mol. The lowest BCUT2D eigenvalue weighted by Crippen LogP contribution is -2.35. The van der Waals surface area contributed by atoms with Gasteiger partial charge in [-0.3, -0.25) is 0 Å². The molecule has 2 aliphatic rings. The molecule has 4 atom stereocenters. The van der Waals surface area contributed by atoms with Gasteiger partial charge in [-0.25, -0.2) is 0 Å². The number of halogens is 2. The predicted octanol–water partition coefficient (Wildman–Crippen LogP) is 0.342. The van der Waals surface area contributed by atoms with Crippen molar-refractivity contribution in [1.29, 1.82) is 0 Å². The Morgan fingerprint density at radius 2 is 1.15 bits per heavy atom. The van der Waals surface area contributed by atoms with Crippen molar-refractivity contribution in [2.24, 2.45) is 11.5 Å². The van der Waals surface area contributed by atoms with Crippen molar-refractivity contribution >= 4 is 24.8 Å². The van der Waals surface area contributed by atoms with E-state index in [9.17, 15) is 0 Å². The zero-order valence-corrected chi connectivity index (χ0v) is 13.8. The molecule has 0 radical (unpaired) electrons. The maximum Gasteiger partial charge on any atom is 0.0981 e. The average Bonchev–Trinajstić information content (AvgIpc) is 2.92. The Bertz CT molecular complexity index is 206. The molecule has 8 heteroatoms. The summed E-state index contributed by atoms with van der Waals surface area (Å²) in [6.45, 7) is 7.98. The van der Waals surface area contributed by atoms with Crippen LogP contribution in [0.4, 0.5) is 0 Å². The first-order chi connectivity index (χ1) is 8.69. The molecule has 2 saturated heterocycles. The van der Waals surface area contributed by atoms with Crippen LogP contribution in [0.25, 0.3) is 0 Å². The van der Waals surface area contributed by atoms with Gasteiger partial charge in [0.15, 0.2) is 0 Å². The summed E-state index contributed by atoms with van der Waals surface area (Å²) in [6.07, 6.45) is 0.269. The molecule has 0 aliphatic carbocycles. The van der Waals surface area contributed by atoms with E-state index in [0.29, 0.717) is 26.4 Å². The maximum absolute atomic E-state index is 5.62. The van der Waals surface area contributed by atoms with Crippen LogP contribution in [0, 0.1) is 0 Å². The smallest absolute Gasteiger partial charge is 0.0981 e. The highest BCUT2D eigenvalue weighted by atomic mass is 35.5. The van der Waals surface area contributed by atoms with E-state index in [0.717, 1.165) is 13.2 Å². The first-order valence-corrected chi connectivity index (χ1v) is 6.58. The van der Waals surface area contributed by atoms with Crippen LogP contribution in [0.3, 0.4) is 0 Å². The molecule has 124 valence electrons. The van der Waals surface area contributed by atoms with Crippen molar-refractivity contribution in [2.45, 2.75) is 38.1 Å². The number of rotatable bonds is 4. The van der Waals surface area contributed by atoms with Gasteiger partial charge in [0.2, 0.25) is 0 Å². The second-order valence-corrected chi connectivity index (χ2v) is 4.39. The molecule has 0 spiro atoms. The molecule has 2 aliphatic heterocycles. The maximum atomic E-state index is 5.62. The van der Waals surface area contributed by atoms with Crippen LogP contribution in [-0.4, -0.2) is 63.9 Å². The molecule has 6 nitrogen and oxygen atoms in total. The van der Waals surface area contributed by atoms with Gasteiger partial charge in [-0.15, -0.1) is 24.8 Å². The predicted molar refractivity (Wildman–Crippen MR) is 82.9 cm³/mol. The molecule has 20 heavy (non-hydrogen) atoms. The third-order valence-electron chi connectivity index (χ3n) is 2.90. The zero-order chi connectivity index (χ0) is 13.4. The highest BCUT2D eigenvalue weighted by Crippen LogP contribution is 2.07. The van der Waals surface area contributed by atoms with Crippen LogP contribution in [0.5, 0.6) is 0 Å². The van der Waals surface area contributed by atoms with E-state index in [1.165, 1.54) is 0 Å². The lowest BCUT2D eigenvalue weighted by atomic mass is 10.2. The lowest BCUT2D eigenvalue weighted by Gasteiger charge is -2.11. The fraction of sp³-hybridized carbons (Fsp3) is 1.00. The largest absolute Gasteiger partial charge is 0.377 e. The number of hydrogen-bond donors (Lipinski definition) is 2. The molecule has 0 saturated carbocycles. The van der Waals surface area contributed by atoms with E-state index < -0.39 is 0 Å². The first kappa shape index (κ1) is 22.6. The third kappa shape index (κ3) is 7.95. The molecule has 0 bridgehead atoms. The van der Waals surface area contributed by atoms with Crippen molar-refractivity contribution in [3.8, 4) is 0 Å². The highest BCUT2D eigenvalue weighted by molar-refractivity contribution is 5.85. The second kappa shape index (κ2) is 13.0. The molecule has 0 unspecified atom stereocenters. The van der Waals surface area contributed by atoms with Crippen molar-refractivity contribution < 1.29 is 18.9 Å². The molecule has 2 fully saturated rings.